The lowest BCUT2D eigenvalue weighted by molar-refractivity contribution is 0.323. The third-order valence-corrected chi connectivity index (χ3v) is 7.93. The van der Waals surface area contributed by atoms with Gasteiger partial charge in [-0.2, -0.15) is 4.31 Å². The molecule has 0 atom stereocenters. The SMILES string of the molecule is CCOc1ccc(NS(=O)(=O)c2ccc(F)c(F)c2)cc1S(=O)(=O)N1CCCCC1. The summed E-state index contributed by atoms with van der Waals surface area (Å²) in [5.41, 5.74) is -0.0428. The lowest BCUT2D eigenvalue weighted by Gasteiger charge is -2.27. The number of benzene rings is 2. The summed E-state index contributed by atoms with van der Waals surface area (Å²) in [5, 5.41) is 0. The minimum absolute atomic E-state index is 0.0428. The number of ether oxygens (including phenoxy) is 1. The van der Waals surface area contributed by atoms with Gasteiger partial charge in [0.1, 0.15) is 10.6 Å². The van der Waals surface area contributed by atoms with E-state index in [1.54, 1.807) is 6.92 Å². The predicted octanol–water partition coefficient (Wildman–Crippen LogP) is 3.34. The van der Waals surface area contributed by atoms with Crippen LogP contribution in [-0.2, 0) is 20.0 Å². The molecule has 7 nitrogen and oxygen atoms in total. The van der Waals surface area contributed by atoms with Crippen LogP contribution in [0.2, 0.25) is 0 Å². The van der Waals surface area contributed by atoms with E-state index in [1.165, 1.54) is 22.5 Å². The summed E-state index contributed by atoms with van der Waals surface area (Å²) in [5.74, 6) is -2.37. The second-order valence-corrected chi connectivity index (χ2v) is 10.3. The summed E-state index contributed by atoms with van der Waals surface area (Å²) < 4.78 is 86.9. The van der Waals surface area contributed by atoms with Gasteiger partial charge in [-0.05, 0) is 56.2 Å². The molecule has 3 rings (SSSR count). The molecule has 1 aliphatic heterocycles. The number of hydrogen-bond donors (Lipinski definition) is 1. The van der Waals surface area contributed by atoms with E-state index >= 15 is 0 Å². The molecular weight excluding hydrogens is 438 g/mol. The number of rotatable bonds is 7. The normalized spacial score (nSPS) is 15.7. The number of nitrogens with zero attached hydrogens (tertiary/aromatic N) is 1. The molecule has 11 heteroatoms. The standard InChI is InChI=1S/C19H22F2N2O5S2/c1-2-28-18-9-6-14(12-19(18)30(26,27)23-10-4-3-5-11-23)22-29(24,25)15-7-8-16(20)17(21)13-15/h6-9,12-13,22H,2-5,10-11H2,1H3. The molecule has 0 saturated carbocycles. The molecule has 1 aliphatic rings. The molecule has 30 heavy (non-hydrogen) atoms. The van der Waals surface area contributed by atoms with E-state index in [9.17, 15) is 25.6 Å². The lowest BCUT2D eigenvalue weighted by Crippen LogP contribution is -2.35. The fourth-order valence-electron chi connectivity index (χ4n) is 3.15. The van der Waals surface area contributed by atoms with Crippen LogP contribution in [0.3, 0.4) is 0 Å². The van der Waals surface area contributed by atoms with Crippen LogP contribution in [0.4, 0.5) is 14.5 Å². The number of halogens is 2. The van der Waals surface area contributed by atoms with Gasteiger partial charge >= 0.3 is 0 Å². The molecule has 1 heterocycles. The highest BCUT2D eigenvalue weighted by Gasteiger charge is 2.30. The highest BCUT2D eigenvalue weighted by Crippen LogP contribution is 2.32. The van der Waals surface area contributed by atoms with Crippen molar-refractivity contribution in [3.05, 3.63) is 48.0 Å². The highest BCUT2D eigenvalue weighted by atomic mass is 32.2. The zero-order valence-corrected chi connectivity index (χ0v) is 17.9. The quantitative estimate of drug-likeness (QED) is 0.684. The van der Waals surface area contributed by atoms with Crippen LogP contribution in [0.5, 0.6) is 5.75 Å². The van der Waals surface area contributed by atoms with Crippen molar-refractivity contribution < 1.29 is 30.4 Å². The summed E-state index contributed by atoms with van der Waals surface area (Å²) in [6, 6.07) is 6.06. The van der Waals surface area contributed by atoms with Gasteiger partial charge in [-0.15, -0.1) is 0 Å². The molecule has 1 fully saturated rings. The Kier molecular flexibility index (Phi) is 6.63. The molecule has 0 aromatic heterocycles. The first-order chi connectivity index (χ1) is 14.1. The molecule has 0 radical (unpaired) electrons. The summed E-state index contributed by atoms with van der Waals surface area (Å²) in [4.78, 5) is -0.646. The van der Waals surface area contributed by atoms with E-state index in [2.05, 4.69) is 4.72 Å². The average Bonchev–Trinajstić information content (AvgIpc) is 2.71. The van der Waals surface area contributed by atoms with Crippen molar-refractivity contribution >= 4 is 25.7 Å². The minimum Gasteiger partial charge on any atom is -0.492 e. The van der Waals surface area contributed by atoms with Crippen molar-refractivity contribution in [1.29, 1.82) is 0 Å². The number of hydrogen-bond acceptors (Lipinski definition) is 5. The lowest BCUT2D eigenvalue weighted by atomic mass is 10.2. The Balaban J connectivity index is 1.98. The molecule has 1 N–H and O–H groups in total. The first-order valence-corrected chi connectivity index (χ1v) is 12.3. The van der Waals surface area contributed by atoms with Gasteiger partial charge < -0.3 is 4.74 Å². The van der Waals surface area contributed by atoms with Crippen molar-refractivity contribution in [1.82, 2.24) is 4.31 Å². The van der Waals surface area contributed by atoms with Crippen LogP contribution >= 0.6 is 0 Å². The first-order valence-electron chi connectivity index (χ1n) is 9.40. The van der Waals surface area contributed by atoms with Crippen LogP contribution in [0, 0.1) is 11.6 Å². The van der Waals surface area contributed by atoms with Gasteiger partial charge in [0, 0.05) is 13.1 Å². The second-order valence-electron chi connectivity index (χ2n) is 6.74. The Labute approximate surface area is 174 Å². The van der Waals surface area contributed by atoms with Gasteiger partial charge in [-0.25, -0.2) is 25.6 Å². The number of nitrogens with one attached hydrogen (secondary N) is 1. The predicted molar refractivity (Wildman–Crippen MR) is 107 cm³/mol. The number of anilines is 1. The first kappa shape index (κ1) is 22.4. The molecule has 0 aliphatic carbocycles. The maximum atomic E-state index is 13.4. The summed E-state index contributed by atoms with van der Waals surface area (Å²) in [6.45, 7) is 2.68. The average molecular weight is 461 g/mol. The third-order valence-electron chi connectivity index (χ3n) is 4.63. The van der Waals surface area contributed by atoms with Crippen molar-refractivity contribution in [2.75, 3.05) is 24.4 Å². The van der Waals surface area contributed by atoms with Gasteiger partial charge in [0.2, 0.25) is 10.0 Å². The Morgan fingerprint density at radius 2 is 1.67 bits per heavy atom. The second kappa shape index (κ2) is 8.86. The molecular formula is C19H22F2N2O5S2. The fraction of sp³-hybridized carbons (Fsp3) is 0.368. The van der Waals surface area contributed by atoms with Crippen molar-refractivity contribution in [3.63, 3.8) is 0 Å². The van der Waals surface area contributed by atoms with E-state index in [-0.39, 0.29) is 22.9 Å². The van der Waals surface area contributed by atoms with Crippen molar-refractivity contribution in [2.45, 2.75) is 36.0 Å². The molecule has 0 amide bonds. The zero-order valence-electron chi connectivity index (χ0n) is 16.3. The van der Waals surface area contributed by atoms with E-state index in [0.717, 1.165) is 25.3 Å². The smallest absolute Gasteiger partial charge is 0.261 e. The highest BCUT2D eigenvalue weighted by molar-refractivity contribution is 7.92. The van der Waals surface area contributed by atoms with Crippen LogP contribution in [0.15, 0.2) is 46.2 Å². The number of piperidine rings is 1. The third kappa shape index (κ3) is 4.73. The molecule has 1 saturated heterocycles. The van der Waals surface area contributed by atoms with E-state index in [0.29, 0.717) is 25.2 Å². The van der Waals surface area contributed by atoms with Gasteiger partial charge in [0.15, 0.2) is 11.6 Å². The van der Waals surface area contributed by atoms with Crippen LogP contribution in [-0.4, -0.2) is 40.8 Å². The van der Waals surface area contributed by atoms with Gasteiger partial charge in [-0.3, -0.25) is 4.72 Å². The van der Waals surface area contributed by atoms with E-state index in [4.69, 9.17) is 4.74 Å². The molecule has 2 aromatic carbocycles. The van der Waals surface area contributed by atoms with Crippen LogP contribution < -0.4 is 9.46 Å². The minimum atomic E-state index is -4.27. The molecule has 2 aromatic rings. The monoisotopic (exact) mass is 460 g/mol. The number of sulfonamides is 2. The summed E-state index contributed by atoms with van der Waals surface area (Å²) in [7, 11) is -8.18. The molecule has 164 valence electrons. The van der Waals surface area contributed by atoms with Crippen LogP contribution in [0.25, 0.3) is 0 Å². The van der Waals surface area contributed by atoms with Gasteiger partial charge in [-0.1, -0.05) is 6.42 Å². The topological polar surface area (TPSA) is 92.8 Å². The largest absolute Gasteiger partial charge is 0.492 e. The van der Waals surface area contributed by atoms with Gasteiger partial charge in [0.05, 0.1) is 17.2 Å². The van der Waals surface area contributed by atoms with E-state index in [1.807, 2.05) is 0 Å². The van der Waals surface area contributed by atoms with Crippen molar-refractivity contribution in [2.24, 2.45) is 0 Å². The van der Waals surface area contributed by atoms with Crippen molar-refractivity contribution in [3.8, 4) is 5.75 Å². The maximum absolute atomic E-state index is 13.4. The van der Waals surface area contributed by atoms with Gasteiger partial charge in [0.25, 0.3) is 10.0 Å². The zero-order chi connectivity index (χ0) is 21.9. The van der Waals surface area contributed by atoms with Crippen LogP contribution in [0.1, 0.15) is 26.2 Å². The Morgan fingerprint density at radius 1 is 0.967 bits per heavy atom. The van der Waals surface area contributed by atoms with E-state index < -0.39 is 36.6 Å². The maximum Gasteiger partial charge on any atom is 0.261 e. The molecule has 0 bridgehead atoms. The molecule has 0 spiro atoms. The Bertz CT molecular complexity index is 1130. The fourth-order valence-corrected chi connectivity index (χ4v) is 5.89. The Hall–Kier alpha value is -2.24. The summed E-state index contributed by atoms with van der Waals surface area (Å²) in [6.07, 6.45) is 2.43. The summed E-state index contributed by atoms with van der Waals surface area (Å²) >= 11 is 0. The Morgan fingerprint density at radius 3 is 2.30 bits per heavy atom. The molecule has 0 unspecified atom stereocenters.